The number of fused-ring (bicyclic) bond motifs is 16. The van der Waals surface area contributed by atoms with E-state index in [1.807, 2.05) is 0 Å². The van der Waals surface area contributed by atoms with E-state index < -0.39 is 5.41 Å². The third-order valence-corrected chi connectivity index (χ3v) is 14.4. The van der Waals surface area contributed by atoms with Gasteiger partial charge in [-0.15, -0.1) is 0 Å². The van der Waals surface area contributed by atoms with E-state index in [2.05, 4.69) is 237 Å². The van der Waals surface area contributed by atoms with Gasteiger partial charge < -0.3 is 0 Å². The highest BCUT2D eigenvalue weighted by molar-refractivity contribution is 6.20. The number of hydrogen-bond acceptors (Lipinski definition) is 1. The topological polar surface area (TPSA) is 12.9 Å². The molecular formula is C64H39N. The molecule has 12 aromatic rings. The van der Waals surface area contributed by atoms with Crippen LogP contribution < -0.4 is 0 Å². The van der Waals surface area contributed by atoms with Crippen LogP contribution in [0.15, 0.2) is 237 Å². The Morgan fingerprint density at radius 3 is 1.35 bits per heavy atom. The molecule has 0 saturated heterocycles. The minimum atomic E-state index is -0.410. The molecule has 0 amide bonds. The molecule has 0 aliphatic heterocycles. The number of rotatable bonds is 4. The van der Waals surface area contributed by atoms with Gasteiger partial charge in [0.2, 0.25) is 0 Å². The highest BCUT2D eigenvalue weighted by Gasteiger charge is 2.52. The molecule has 0 unspecified atom stereocenters. The molecule has 0 radical (unpaired) electrons. The van der Waals surface area contributed by atoms with E-state index in [-0.39, 0.29) is 0 Å². The van der Waals surface area contributed by atoms with Crippen LogP contribution in [0.3, 0.4) is 0 Å². The molecule has 1 aromatic heterocycles. The summed E-state index contributed by atoms with van der Waals surface area (Å²) < 4.78 is 0. The number of para-hydroxylation sites is 1. The first kappa shape index (κ1) is 36.1. The van der Waals surface area contributed by atoms with Crippen LogP contribution in [0.1, 0.15) is 22.3 Å². The molecule has 1 spiro atoms. The van der Waals surface area contributed by atoms with Gasteiger partial charge in [-0.05, 0) is 136 Å². The van der Waals surface area contributed by atoms with Crippen LogP contribution in [0.25, 0.3) is 110 Å². The average Bonchev–Trinajstić information content (AvgIpc) is 3.85. The highest BCUT2D eigenvalue weighted by Crippen LogP contribution is 2.64. The monoisotopic (exact) mass is 821 g/mol. The van der Waals surface area contributed by atoms with Crippen molar-refractivity contribution in [1.29, 1.82) is 0 Å². The first-order valence-electron chi connectivity index (χ1n) is 22.6. The number of nitrogens with zero attached hydrogens (tertiary/aromatic N) is 1. The number of benzene rings is 11. The second kappa shape index (κ2) is 13.8. The molecule has 65 heavy (non-hydrogen) atoms. The Morgan fingerprint density at radius 1 is 0.277 bits per heavy atom. The van der Waals surface area contributed by atoms with E-state index in [1.54, 1.807) is 0 Å². The van der Waals surface area contributed by atoms with Crippen molar-refractivity contribution in [1.82, 2.24) is 4.98 Å². The van der Waals surface area contributed by atoms with Crippen molar-refractivity contribution in [3.05, 3.63) is 259 Å². The summed E-state index contributed by atoms with van der Waals surface area (Å²) in [7, 11) is 0. The fourth-order valence-electron chi connectivity index (χ4n) is 11.5. The zero-order valence-electron chi connectivity index (χ0n) is 35.5. The van der Waals surface area contributed by atoms with Gasteiger partial charge in [0.25, 0.3) is 0 Å². The summed E-state index contributed by atoms with van der Waals surface area (Å²) in [5.74, 6) is 0. The molecule has 14 rings (SSSR count). The predicted octanol–water partition coefficient (Wildman–Crippen LogP) is 16.7. The highest BCUT2D eigenvalue weighted by atomic mass is 14.7. The number of hydrogen-bond donors (Lipinski definition) is 0. The van der Waals surface area contributed by atoms with Gasteiger partial charge in [-0.3, -0.25) is 0 Å². The SMILES string of the molecule is c1ccc2c(c1)-c1ccccc1C21c2ccccc2-c2c1ccc1c(-c3ccc(-c4cc(-c5ccc6ccccc6c5)cc(-c5ccc6ccccc6c5)c4)cc3)nc3ccccc3c21. The summed E-state index contributed by atoms with van der Waals surface area (Å²) >= 11 is 0. The fourth-order valence-corrected chi connectivity index (χ4v) is 11.5. The minimum Gasteiger partial charge on any atom is -0.247 e. The second-order valence-corrected chi connectivity index (χ2v) is 17.8. The maximum atomic E-state index is 5.48. The van der Waals surface area contributed by atoms with Crippen LogP contribution in [-0.2, 0) is 5.41 Å². The molecule has 0 N–H and O–H groups in total. The zero-order valence-corrected chi connectivity index (χ0v) is 35.5. The van der Waals surface area contributed by atoms with Crippen LogP contribution in [-0.4, -0.2) is 4.98 Å². The Balaban J connectivity index is 0.953. The van der Waals surface area contributed by atoms with Crippen molar-refractivity contribution < 1.29 is 0 Å². The molecule has 2 aliphatic carbocycles. The van der Waals surface area contributed by atoms with Crippen LogP contribution in [0.2, 0.25) is 0 Å². The van der Waals surface area contributed by atoms with E-state index >= 15 is 0 Å². The lowest BCUT2D eigenvalue weighted by Crippen LogP contribution is -2.25. The Morgan fingerprint density at radius 2 is 0.738 bits per heavy atom. The molecular weight excluding hydrogens is 783 g/mol. The normalized spacial score (nSPS) is 13.0. The van der Waals surface area contributed by atoms with E-state index in [9.17, 15) is 0 Å². The molecule has 1 heteroatoms. The summed E-state index contributed by atoms with van der Waals surface area (Å²) in [5.41, 5.74) is 20.5. The van der Waals surface area contributed by atoms with E-state index in [1.165, 1.54) is 116 Å². The van der Waals surface area contributed by atoms with Crippen molar-refractivity contribution in [3.63, 3.8) is 0 Å². The van der Waals surface area contributed by atoms with Crippen molar-refractivity contribution in [2.45, 2.75) is 5.41 Å². The van der Waals surface area contributed by atoms with Gasteiger partial charge >= 0.3 is 0 Å². The van der Waals surface area contributed by atoms with E-state index in [0.29, 0.717) is 0 Å². The van der Waals surface area contributed by atoms with Crippen molar-refractivity contribution in [2.24, 2.45) is 0 Å². The maximum Gasteiger partial charge on any atom is 0.0788 e. The summed E-state index contributed by atoms with van der Waals surface area (Å²) in [5, 5.41) is 8.58. The van der Waals surface area contributed by atoms with Crippen LogP contribution in [0.5, 0.6) is 0 Å². The Bertz CT molecular complexity index is 3800. The molecule has 0 bridgehead atoms. The first-order chi connectivity index (χ1) is 32.2. The molecule has 0 saturated carbocycles. The van der Waals surface area contributed by atoms with Gasteiger partial charge in [0.15, 0.2) is 0 Å². The third kappa shape index (κ3) is 5.24. The molecule has 2 aliphatic rings. The lowest BCUT2D eigenvalue weighted by Gasteiger charge is -2.30. The Kier molecular flexibility index (Phi) is 7.67. The van der Waals surface area contributed by atoms with Gasteiger partial charge in [0.05, 0.1) is 16.6 Å². The van der Waals surface area contributed by atoms with Crippen LogP contribution >= 0.6 is 0 Å². The predicted molar refractivity (Wildman–Crippen MR) is 272 cm³/mol. The number of pyridine rings is 1. The largest absolute Gasteiger partial charge is 0.247 e. The molecule has 1 nitrogen and oxygen atoms in total. The summed E-state index contributed by atoms with van der Waals surface area (Å²) in [4.78, 5) is 5.48. The van der Waals surface area contributed by atoms with Gasteiger partial charge in [-0.1, -0.05) is 200 Å². The second-order valence-electron chi connectivity index (χ2n) is 17.8. The van der Waals surface area contributed by atoms with Crippen LogP contribution in [0.4, 0.5) is 0 Å². The maximum absolute atomic E-state index is 5.48. The summed E-state index contributed by atoms with van der Waals surface area (Å²) in [6.45, 7) is 0. The van der Waals surface area contributed by atoms with Gasteiger partial charge in [0.1, 0.15) is 0 Å². The standard InChI is InChI=1S/C64H39N/c1-3-15-44-35-46(31-27-40(44)13-1)49-37-48(38-50(39-49)47-32-28-41-14-2-4-16-45(41)36-47)42-25-29-43(30-26-42)63-55-33-34-59-62(61(55)54-20-8-12-24-60(54)65-63)53-19-7-11-23-58(53)64(59)56-21-9-5-17-51(56)52-18-6-10-22-57(52)64/h1-39H. The smallest absolute Gasteiger partial charge is 0.0788 e. The van der Waals surface area contributed by atoms with Gasteiger partial charge in [-0.25, -0.2) is 4.98 Å². The first-order valence-corrected chi connectivity index (χ1v) is 22.6. The van der Waals surface area contributed by atoms with Crippen molar-refractivity contribution in [2.75, 3.05) is 0 Å². The van der Waals surface area contributed by atoms with Crippen molar-refractivity contribution >= 4 is 43.2 Å². The Labute approximate surface area is 377 Å². The fraction of sp³-hybridized carbons (Fsp3) is 0.0156. The molecule has 0 fully saturated rings. The lowest BCUT2D eigenvalue weighted by molar-refractivity contribution is 0.794. The summed E-state index contributed by atoms with van der Waals surface area (Å²) in [6.07, 6.45) is 0. The minimum absolute atomic E-state index is 0.410. The summed E-state index contributed by atoms with van der Waals surface area (Å²) in [6, 6.07) is 87.7. The van der Waals surface area contributed by atoms with Crippen molar-refractivity contribution in [3.8, 4) is 66.9 Å². The van der Waals surface area contributed by atoms with Crippen LogP contribution in [0, 0.1) is 0 Å². The molecule has 1 heterocycles. The van der Waals surface area contributed by atoms with E-state index in [4.69, 9.17) is 4.98 Å². The Hall–Kier alpha value is -8.39. The molecule has 0 atom stereocenters. The molecule has 300 valence electrons. The lowest BCUT2D eigenvalue weighted by atomic mass is 9.70. The molecule has 11 aromatic carbocycles. The zero-order chi connectivity index (χ0) is 42.6. The van der Waals surface area contributed by atoms with Gasteiger partial charge in [0, 0.05) is 21.7 Å². The average molecular weight is 822 g/mol. The van der Waals surface area contributed by atoms with E-state index in [0.717, 1.165) is 16.8 Å². The third-order valence-electron chi connectivity index (χ3n) is 14.4. The quantitative estimate of drug-likeness (QED) is 0.161. The number of aromatic nitrogens is 1. The van der Waals surface area contributed by atoms with Gasteiger partial charge in [-0.2, -0.15) is 0 Å².